The smallest absolute Gasteiger partial charge is 0.264 e. The molecule has 0 aliphatic rings. The predicted octanol–water partition coefficient (Wildman–Crippen LogP) is 5.70. The van der Waals surface area contributed by atoms with E-state index in [0.717, 1.165) is 9.87 Å². The van der Waals surface area contributed by atoms with Crippen molar-refractivity contribution in [2.45, 2.75) is 45.2 Å². The molecular formula is C31H37Cl2N3O6S. The van der Waals surface area contributed by atoms with Gasteiger partial charge in [0.15, 0.2) is 11.5 Å². The molecule has 0 spiro atoms. The molecule has 1 atom stereocenters. The number of halogens is 2. The number of nitrogens with zero attached hydrogens (tertiary/aromatic N) is 2. The number of carbonyl (C=O) groups excluding carboxylic acids is 2. The summed E-state index contributed by atoms with van der Waals surface area (Å²) >= 11 is 12.3. The largest absolute Gasteiger partial charge is 0.493 e. The molecule has 9 nitrogen and oxygen atoms in total. The van der Waals surface area contributed by atoms with Gasteiger partial charge in [-0.15, -0.1) is 0 Å². The van der Waals surface area contributed by atoms with Gasteiger partial charge in [0.05, 0.1) is 34.8 Å². The number of hydrogen-bond donors (Lipinski definition) is 1. The van der Waals surface area contributed by atoms with Crippen molar-refractivity contribution in [1.29, 1.82) is 0 Å². The highest BCUT2D eigenvalue weighted by Crippen LogP contribution is 2.32. The summed E-state index contributed by atoms with van der Waals surface area (Å²) in [5.41, 5.74) is 1.81. The van der Waals surface area contributed by atoms with Gasteiger partial charge in [-0.25, -0.2) is 8.42 Å². The van der Waals surface area contributed by atoms with E-state index >= 15 is 0 Å². The monoisotopic (exact) mass is 649 g/mol. The van der Waals surface area contributed by atoms with E-state index in [1.165, 1.54) is 37.3 Å². The van der Waals surface area contributed by atoms with Crippen LogP contribution in [0, 0.1) is 12.8 Å². The number of amides is 2. The fourth-order valence-electron chi connectivity index (χ4n) is 4.21. The number of hydrogen-bond acceptors (Lipinski definition) is 6. The van der Waals surface area contributed by atoms with Crippen molar-refractivity contribution in [3.8, 4) is 11.5 Å². The van der Waals surface area contributed by atoms with Crippen molar-refractivity contribution in [3.05, 3.63) is 81.8 Å². The molecule has 3 rings (SSSR count). The highest BCUT2D eigenvalue weighted by molar-refractivity contribution is 7.92. The molecular weight excluding hydrogens is 613 g/mol. The van der Waals surface area contributed by atoms with E-state index in [-0.39, 0.29) is 34.7 Å². The second-order valence-corrected chi connectivity index (χ2v) is 13.1. The fourth-order valence-corrected chi connectivity index (χ4v) is 5.96. The summed E-state index contributed by atoms with van der Waals surface area (Å²) in [5, 5.41) is 3.49. The number of benzene rings is 3. The van der Waals surface area contributed by atoms with E-state index in [2.05, 4.69) is 5.32 Å². The molecule has 2 amide bonds. The van der Waals surface area contributed by atoms with Crippen LogP contribution in [0.3, 0.4) is 0 Å². The van der Waals surface area contributed by atoms with Gasteiger partial charge in [-0.2, -0.15) is 0 Å². The lowest BCUT2D eigenvalue weighted by molar-refractivity contribution is -0.139. The first-order valence-corrected chi connectivity index (χ1v) is 15.8. The van der Waals surface area contributed by atoms with Crippen LogP contribution in [0.2, 0.25) is 10.0 Å². The zero-order valence-corrected chi connectivity index (χ0v) is 27.4. The number of anilines is 1. The van der Waals surface area contributed by atoms with Gasteiger partial charge in [-0.1, -0.05) is 60.8 Å². The highest BCUT2D eigenvalue weighted by atomic mass is 35.5. The van der Waals surface area contributed by atoms with E-state index in [0.29, 0.717) is 27.9 Å². The number of nitrogens with one attached hydrogen (secondary N) is 1. The summed E-state index contributed by atoms with van der Waals surface area (Å²) in [7, 11) is -1.44. The van der Waals surface area contributed by atoms with Crippen LogP contribution in [0.5, 0.6) is 11.5 Å². The van der Waals surface area contributed by atoms with Gasteiger partial charge in [0.1, 0.15) is 12.6 Å². The molecule has 1 N–H and O–H groups in total. The first-order valence-electron chi connectivity index (χ1n) is 13.6. The third kappa shape index (κ3) is 8.55. The van der Waals surface area contributed by atoms with E-state index in [9.17, 15) is 18.0 Å². The topological polar surface area (TPSA) is 105 Å². The quantitative estimate of drug-likeness (QED) is 0.255. The Morgan fingerprint density at radius 1 is 0.884 bits per heavy atom. The van der Waals surface area contributed by atoms with Gasteiger partial charge >= 0.3 is 0 Å². The number of rotatable bonds is 13. The molecule has 0 unspecified atom stereocenters. The molecule has 12 heteroatoms. The molecule has 232 valence electrons. The first-order chi connectivity index (χ1) is 20.3. The maximum atomic E-state index is 14.1. The minimum atomic E-state index is -4.29. The average Bonchev–Trinajstić information content (AvgIpc) is 2.98. The Morgan fingerprint density at radius 2 is 1.53 bits per heavy atom. The Kier molecular flexibility index (Phi) is 11.7. The Labute approximate surface area is 263 Å². The minimum Gasteiger partial charge on any atom is -0.493 e. The number of ether oxygens (including phenoxy) is 2. The van der Waals surface area contributed by atoms with E-state index in [4.69, 9.17) is 32.7 Å². The highest BCUT2D eigenvalue weighted by Gasteiger charge is 2.33. The summed E-state index contributed by atoms with van der Waals surface area (Å²) in [5.74, 6) is -0.197. The lowest BCUT2D eigenvalue weighted by atomic mass is 10.1. The molecule has 0 aliphatic heterocycles. The van der Waals surface area contributed by atoms with Crippen molar-refractivity contribution in [3.63, 3.8) is 0 Å². The molecule has 0 radical (unpaired) electrons. The second kappa shape index (κ2) is 14.8. The van der Waals surface area contributed by atoms with Gasteiger partial charge in [0, 0.05) is 19.2 Å². The summed E-state index contributed by atoms with van der Waals surface area (Å²) in [4.78, 5) is 28.4. The standard InChI is InChI=1S/C31H37Cl2N3O6S/c1-20(2)17-34-31(38)22(4)35(18-23-9-13-26(32)27(33)15-23)30(37)19-36(24-10-7-21(3)8-11-24)43(39,40)25-12-14-28(41-5)29(16-25)42-6/h7-16,20,22H,17-19H2,1-6H3,(H,34,38)/t22-/m1/s1. The van der Waals surface area contributed by atoms with Gasteiger partial charge in [0.2, 0.25) is 11.8 Å². The molecule has 0 aromatic heterocycles. The van der Waals surface area contributed by atoms with Gasteiger partial charge in [0.25, 0.3) is 10.0 Å². The Bertz CT molecular complexity index is 1550. The molecule has 3 aromatic rings. The normalized spacial score (nSPS) is 12.0. The Hall–Kier alpha value is -3.47. The molecule has 0 fully saturated rings. The Balaban J connectivity index is 2.06. The Morgan fingerprint density at radius 3 is 2.12 bits per heavy atom. The van der Waals surface area contributed by atoms with Crippen LogP contribution in [0.4, 0.5) is 5.69 Å². The number of carbonyl (C=O) groups is 2. The fraction of sp³-hybridized carbons (Fsp3) is 0.355. The lowest BCUT2D eigenvalue weighted by Crippen LogP contribution is -2.51. The van der Waals surface area contributed by atoms with Crippen LogP contribution in [-0.4, -0.2) is 58.5 Å². The van der Waals surface area contributed by atoms with Crippen molar-refractivity contribution < 1.29 is 27.5 Å². The lowest BCUT2D eigenvalue weighted by Gasteiger charge is -2.32. The van der Waals surface area contributed by atoms with Gasteiger partial charge in [-0.05, 0) is 61.7 Å². The van der Waals surface area contributed by atoms with Crippen LogP contribution in [-0.2, 0) is 26.2 Å². The number of sulfonamides is 1. The van der Waals surface area contributed by atoms with E-state index in [1.807, 2.05) is 20.8 Å². The minimum absolute atomic E-state index is 0.00979. The van der Waals surface area contributed by atoms with E-state index < -0.39 is 28.5 Å². The molecule has 0 saturated carbocycles. The van der Waals surface area contributed by atoms with Gasteiger partial charge in [-0.3, -0.25) is 13.9 Å². The van der Waals surface area contributed by atoms with Crippen LogP contribution < -0.4 is 19.1 Å². The van der Waals surface area contributed by atoms with Crippen LogP contribution in [0.25, 0.3) is 0 Å². The number of aryl methyl sites for hydroxylation is 1. The molecule has 0 heterocycles. The molecule has 0 aliphatic carbocycles. The van der Waals surface area contributed by atoms with E-state index in [1.54, 1.807) is 49.4 Å². The van der Waals surface area contributed by atoms with Crippen molar-refractivity contribution in [2.75, 3.05) is 31.6 Å². The average molecular weight is 651 g/mol. The van der Waals surface area contributed by atoms with Crippen molar-refractivity contribution in [1.82, 2.24) is 10.2 Å². The number of methoxy groups -OCH3 is 2. The summed E-state index contributed by atoms with van der Waals surface area (Å²) < 4.78 is 39.8. The molecule has 0 bridgehead atoms. The van der Waals surface area contributed by atoms with Crippen molar-refractivity contribution in [2.24, 2.45) is 5.92 Å². The SMILES string of the molecule is COc1ccc(S(=O)(=O)N(CC(=O)N(Cc2ccc(Cl)c(Cl)c2)[C@H](C)C(=O)NCC(C)C)c2ccc(C)cc2)cc1OC. The second-order valence-electron chi connectivity index (χ2n) is 10.4. The van der Waals surface area contributed by atoms with Crippen LogP contribution in [0.15, 0.2) is 65.6 Å². The summed E-state index contributed by atoms with van der Waals surface area (Å²) in [6, 6.07) is 15.0. The maximum Gasteiger partial charge on any atom is 0.264 e. The van der Waals surface area contributed by atoms with Crippen LogP contribution in [0.1, 0.15) is 31.9 Å². The molecule has 0 saturated heterocycles. The zero-order chi connectivity index (χ0) is 31.9. The zero-order valence-electron chi connectivity index (χ0n) is 25.1. The summed E-state index contributed by atoms with van der Waals surface area (Å²) in [6.07, 6.45) is 0. The molecule has 43 heavy (non-hydrogen) atoms. The van der Waals surface area contributed by atoms with Gasteiger partial charge < -0.3 is 19.7 Å². The predicted molar refractivity (Wildman–Crippen MR) is 170 cm³/mol. The third-order valence-corrected chi connectivity index (χ3v) is 9.24. The molecule has 3 aromatic carbocycles. The van der Waals surface area contributed by atoms with Crippen molar-refractivity contribution >= 4 is 50.7 Å². The van der Waals surface area contributed by atoms with Crippen LogP contribution >= 0.6 is 23.2 Å². The third-order valence-electron chi connectivity index (χ3n) is 6.73. The summed E-state index contributed by atoms with van der Waals surface area (Å²) in [6.45, 7) is 7.22. The first kappa shape index (κ1) is 34.0. The maximum absolute atomic E-state index is 14.1.